The van der Waals surface area contributed by atoms with E-state index in [0.717, 1.165) is 39.3 Å². The molecule has 0 fully saturated rings. The lowest BCUT2D eigenvalue weighted by Crippen LogP contribution is -2.32. The monoisotopic (exact) mass is 841 g/mol. The molecule has 1 aliphatic heterocycles. The zero-order valence-electron chi connectivity index (χ0n) is 36.7. The van der Waals surface area contributed by atoms with Crippen molar-refractivity contribution in [3.05, 3.63) is 258 Å². The molecule has 11 aromatic rings. The topological polar surface area (TPSA) is 12.5 Å². The Morgan fingerprint density at radius 3 is 1.52 bits per heavy atom. The van der Waals surface area contributed by atoms with Crippen LogP contribution in [0.1, 0.15) is 47.2 Å². The molecule has 66 heavy (non-hydrogen) atoms. The van der Waals surface area contributed by atoms with Crippen molar-refractivity contribution < 1.29 is 4.74 Å². The lowest BCUT2D eigenvalue weighted by atomic mass is 9.65. The lowest BCUT2D eigenvalue weighted by Gasteiger charge is -2.40. The highest BCUT2D eigenvalue weighted by Gasteiger charge is 2.52. The van der Waals surface area contributed by atoms with Gasteiger partial charge in [0.15, 0.2) is 0 Å². The first-order valence-electron chi connectivity index (χ1n) is 23.1. The van der Waals surface area contributed by atoms with Crippen LogP contribution in [0.3, 0.4) is 0 Å². The molecule has 0 saturated carbocycles. The fourth-order valence-electron chi connectivity index (χ4n) is 12.0. The third-order valence-corrected chi connectivity index (χ3v) is 15.1. The fraction of sp³-hybridized carbons (Fsp3) is 0.0625. The van der Waals surface area contributed by atoms with Gasteiger partial charge < -0.3 is 9.64 Å². The summed E-state index contributed by atoms with van der Waals surface area (Å²) in [6.45, 7) is 4.72. The minimum Gasteiger partial charge on any atom is -0.455 e. The number of nitrogens with zero attached hydrogens (tertiary/aromatic N) is 1. The molecule has 0 amide bonds. The van der Waals surface area contributed by atoms with E-state index in [1.54, 1.807) is 0 Å². The van der Waals surface area contributed by atoms with Crippen LogP contribution in [-0.2, 0) is 10.8 Å². The standard InChI is InChI=1S/C64H43NO/c1-63(2)55-21-11-9-19-51(55)53-33-32-48(39-60(53)63)65(47-31-25-40-13-3-4-16-44(40)37-47)46-29-23-41(24-30-46)45-28-34-57-54(38-45)52-20-10-12-22-56(52)64(57)58-35-26-42-14-5-7-17-49(42)61(58)66-62-50-18-8-6-15-43(50)27-36-59(62)64/h3-39H,1-2H3. The molecule has 0 atom stereocenters. The maximum absolute atomic E-state index is 7.17. The van der Waals surface area contributed by atoms with Gasteiger partial charge in [0.05, 0.1) is 5.41 Å². The van der Waals surface area contributed by atoms with E-state index >= 15 is 0 Å². The highest BCUT2D eigenvalue weighted by Crippen LogP contribution is 2.64. The van der Waals surface area contributed by atoms with Crippen LogP contribution in [0.5, 0.6) is 11.5 Å². The predicted molar refractivity (Wildman–Crippen MR) is 274 cm³/mol. The molecule has 2 heteroatoms. The molecule has 1 heterocycles. The van der Waals surface area contributed by atoms with E-state index in [1.807, 2.05) is 0 Å². The van der Waals surface area contributed by atoms with Crippen LogP contribution in [0.4, 0.5) is 17.1 Å². The Balaban J connectivity index is 0.923. The number of hydrogen-bond donors (Lipinski definition) is 0. The minimum absolute atomic E-state index is 0.109. The van der Waals surface area contributed by atoms with Gasteiger partial charge in [0.25, 0.3) is 0 Å². The summed E-state index contributed by atoms with van der Waals surface area (Å²) in [5, 5.41) is 7.05. The van der Waals surface area contributed by atoms with Gasteiger partial charge in [0.2, 0.25) is 0 Å². The van der Waals surface area contributed by atoms with Crippen molar-refractivity contribution in [2.24, 2.45) is 0 Å². The van der Waals surface area contributed by atoms with Crippen LogP contribution < -0.4 is 9.64 Å². The Morgan fingerprint density at radius 1 is 0.318 bits per heavy atom. The van der Waals surface area contributed by atoms with Crippen molar-refractivity contribution in [3.63, 3.8) is 0 Å². The van der Waals surface area contributed by atoms with Crippen molar-refractivity contribution in [2.45, 2.75) is 24.7 Å². The van der Waals surface area contributed by atoms with E-state index in [4.69, 9.17) is 4.74 Å². The van der Waals surface area contributed by atoms with Gasteiger partial charge in [-0.3, -0.25) is 0 Å². The summed E-state index contributed by atoms with van der Waals surface area (Å²) < 4.78 is 7.17. The molecular weight excluding hydrogens is 799 g/mol. The molecule has 0 aromatic heterocycles. The predicted octanol–water partition coefficient (Wildman–Crippen LogP) is 17.1. The van der Waals surface area contributed by atoms with Gasteiger partial charge in [-0.15, -0.1) is 0 Å². The molecule has 0 bridgehead atoms. The highest BCUT2D eigenvalue weighted by atomic mass is 16.5. The zero-order chi connectivity index (χ0) is 43.7. The van der Waals surface area contributed by atoms with Gasteiger partial charge in [0.1, 0.15) is 11.5 Å². The third-order valence-electron chi connectivity index (χ3n) is 15.1. The highest BCUT2D eigenvalue weighted by molar-refractivity contribution is 6.00. The van der Waals surface area contributed by atoms with E-state index in [2.05, 4.69) is 243 Å². The SMILES string of the molecule is CC1(C)c2ccccc2-c2ccc(N(c3ccc(-c4ccc5c(c4)-c4ccccc4C54c5ccc6ccccc6c5Oc5c4ccc4ccccc54)cc3)c3ccc4ccccc4c3)cc21. The number of rotatable bonds is 4. The van der Waals surface area contributed by atoms with E-state index in [1.165, 1.54) is 88.3 Å². The number of hydrogen-bond acceptors (Lipinski definition) is 2. The van der Waals surface area contributed by atoms with Gasteiger partial charge in [-0.1, -0.05) is 196 Å². The van der Waals surface area contributed by atoms with Gasteiger partial charge in [-0.25, -0.2) is 0 Å². The summed E-state index contributed by atoms with van der Waals surface area (Å²) in [5.74, 6) is 1.87. The molecule has 1 spiro atoms. The Morgan fingerprint density at radius 2 is 0.803 bits per heavy atom. The quantitative estimate of drug-likeness (QED) is 0.175. The molecule has 2 aliphatic carbocycles. The van der Waals surface area contributed by atoms with Crippen LogP contribution in [-0.4, -0.2) is 0 Å². The first-order chi connectivity index (χ1) is 32.5. The van der Waals surface area contributed by atoms with Gasteiger partial charge in [-0.2, -0.15) is 0 Å². The first kappa shape index (κ1) is 37.2. The Kier molecular flexibility index (Phi) is 7.70. The van der Waals surface area contributed by atoms with Crippen LogP contribution in [0.2, 0.25) is 0 Å². The number of anilines is 3. The third kappa shape index (κ3) is 5.07. The average Bonchev–Trinajstić information content (AvgIpc) is 3.78. The van der Waals surface area contributed by atoms with Gasteiger partial charge in [0, 0.05) is 44.4 Å². The van der Waals surface area contributed by atoms with Crippen molar-refractivity contribution >= 4 is 49.4 Å². The molecule has 0 unspecified atom stereocenters. The van der Waals surface area contributed by atoms with Crippen molar-refractivity contribution in [2.75, 3.05) is 4.90 Å². The smallest absolute Gasteiger partial charge is 0.140 e. The molecule has 0 radical (unpaired) electrons. The molecule has 0 saturated heterocycles. The fourth-order valence-corrected chi connectivity index (χ4v) is 12.0. The normalized spacial score (nSPS) is 14.3. The Labute approximate surface area is 384 Å². The second-order valence-corrected chi connectivity index (χ2v) is 18.8. The van der Waals surface area contributed by atoms with Crippen molar-refractivity contribution in [3.8, 4) is 44.9 Å². The second kappa shape index (κ2) is 13.7. The molecule has 3 aliphatic rings. The summed E-state index contributed by atoms with van der Waals surface area (Å²) in [6, 6.07) is 83.2. The summed E-state index contributed by atoms with van der Waals surface area (Å²) in [4.78, 5) is 2.42. The molecule has 2 nitrogen and oxygen atoms in total. The van der Waals surface area contributed by atoms with E-state index < -0.39 is 5.41 Å². The number of ether oxygens (including phenoxy) is 1. The second-order valence-electron chi connectivity index (χ2n) is 18.8. The summed E-state index contributed by atoms with van der Waals surface area (Å²) in [5.41, 5.74) is 17.9. The Hall–Kier alpha value is -8.20. The van der Waals surface area contributed by atoms with Gasteiger partial charge in [-0.05, 0) is 120 Å². The van der Waals surface area contributed by atoms with E-state index in [-0.39, 0.29) is 5.41 Å². The lowest BCUT2D eigenvalue weighted by molar-refractivity contribution is 0.447. The van der Waals surface area contributed by atoms with Crippen LogP contribution in [0.25, 0.3) is 65.7 Å². The first-order valence-corrected chi connectivity index (χ1v) is 23.1. The molecular formula is C64H43NO. The van der Waals surface area contributed by atoms with Crippen molar-refractivity contribution in [1.82, 2.24) is 0 Å². The average molecular weight is 842 g/mol. The maximum atomic E-state index is 7.17. The number of benzene rings is 11. The largest absolute Gasteiger partial charge is 0.455 e. The van der Waals surface area contributed by atoms with Crippen LogP contribution in [0, 0.1) is 0 Å². The van der Waals surface area contributed by atoms with Crippen LogP contribution >= 0.6 is 0 Å². The summed E-state index contributed by atoms with van der Waals surface area (Å²) in [7, 11) is 0. The molecule has 11 aromatic carbocycles. The van der Waals surface area contributed by atoms with E-state index in [0.29, 0.717) is 0 Å². The Bertz CT molecular complexity index is 3750. The van der Waals surface area contributed by atoms with Crippen LogP contribution in [0.15, 0.2) is 224 Å². The zero-order valence-corrected chi connectivity index (χ0v) is 36.7. The molecule has 0 N–H and O–H groups in total. The molecule has 310 valence electrons. The maximum Gasteiger partial charge on any atom is 0.140 e. The minimum atomic E-state index is -0.572. The van der Waals surface area contributed by atoms with Crippen molar-refractivity contribution in [1.29, 1.82) is 0 Å². The van der Waals surface area contributed by atoms with E-state index in [9.17, 15) is 0 Å². The summed E-state index contributed by atoms with van der Waals surface area (Å²) in [6.07, 6.45) is 0. The number of fused-ring (bicyclic) bond motifs is 17. The molecule has 14 rings (SSSR count). The van der Waals surface area contributed by atoms with Gasteiger partial charge >= 0.3 is 0 Å². The summed E-state index contributed by atoms with van der Waals surface area (Å²) >= 11 is 0.